The van der Waals surface area contributed by atoms with Gasteiger partial charge in [-0.15, -0.1) is 0 Å². The molecule has 2 rings (SSSR count). The van der Waals surface area contributed by atoms with E-state index in [1.54, 1.807) is 18.2 Å². The van der Waals surface area contributed by atoms with Crippen LogP contribution in [0.25, 0.3) is 11.1 Å². The van der Waals surface area contributed by atoms with Gasteiger partial charge in [0.25, 0.3) is 0 Å². The summed E-state index contributed by atoms with van der Waals surface area (Å²) in [7, 11) is 0. The summed E-state index contributed by atoms with van der Waals surface area (Å²) < 4.78 is 13.2. The summed E-state index contributed by atoms with van der Waals surface area (Å²) in [4.78, 5) is 0. The van der Waals surface area contributed by atoms with Crippen LogP contribution in [0.5, 0.6) is 0 Å². The maximum Gasteiger partial charge on any atom is 0.123 e. The van der Waals surface area contributed by atoms with Gasteiger partial charge in [-0.3, -0.25) is 0 Å². The Hall–Kier alpha value is -1.09. The highest BCUT2D eigenvalue weighted by atomic mass is 35.5. The molecule has 0 fully saturated rings. The summed E-state index contributed by atoms with van der Waals surface area (Å²) >= 11 is 11.9. The lowest BCUT2D eigenvalue weighted by Gasteiger charge is -2.07. The molecule has 4 heteroatoms. The fraction of sp³-hybridized carbons (Fsp3) is 0.0769. The molecule has 2 aromatic carbocycles. The zero-order chi connectivity index (χ0) is 12.4. The van der Waals surface area contributed by atoms with Crippen LogP contribution in [0.1, 0.15) is 5.56 Å². The van der Waals surface area contributed by atoms with Crippen molar-refractivity contribution in [2.24, 2.45) is 0 Å². The standard InChI is InChI=1S/C13H9Cl2FO/c14-10-4-8(7-17)3-9(5-10)12-6-11(16)1-2-13(12)15/h1-6,17H,7H2. The third kappa shape index (κ3) is 2.78. The molecule has 0 spiro atoms. The first kappa shape index (κ1) is 12.4. The van der Waals surface area contributed by atoms with E-state index in [0.29, 0.717) is 26.7 Å². The first-order valence-electron chi connectivity index (χ1n) is 4.96. The fourth-order valence-electron chi connectivity index (χ4n) is 1.62. The summed E-state index contributed by atoms with van der Waals surface area (Å²) in [6.07, 6.45) is 0. The SMILES string of the molecule is OCc1cc(Cl)cc(-c2cc(F)ccc2Cl)c1. The number of benzene rings is 2. The Morgan fingerprint density at radius 2 is 1.82 bits per heavy atom. The highest BCUT2D eigenvalue weighted by Gasteiger charge is 2.07. The van der Waals surface area contributed by atoms with E-state index >= 15 is 0 Å². The average molecular weight is 271 g/mol. The number of aliphatic hydroxyl groups is 1. The van der Waals surface area contributed by atoms with E-state index in [2.05, 4.69) is 0 Å². The van der Waals surface area contributed by atoms with E-state index in [1.807, 2.05) is 0 Å². The van der Waals surface area contributed by atoms with Gasteiger partial charge < -0.3 is 5.11 Å². The van der Waals surface area contributed by atoms with Crippen LogP contribution in [0.15, 0.2) is 36.4 Å². The van der Waals surface area contributed by atoms with E-state index < -0.39 is 0 Å². The van der Waals surface area contributed by atoms with Crippen LogP contribution in [0.3, 0.4) is 0 Å². The van der Waals surface area contributed by atoms with E-state index in [4.69, 9.17) is 28.3 Å². The van der Waals surface area contributed by atoms with Gasteiger partial charge in [-0.25, -0.2) is 4.39 Å². The summed E-state index contributed by atoms with van der Waals surface area (Å²) in [6.45, 7) is -0.125. The van der Waals surface area contributed by atoms with Crippen molar-refractivity contribution in [2.75, 3.05) is 0 Å². The van der Waals surface area contributed by atoms with Crippen molar-refractivity contribution in [3.8, 4) is 11.1 Å². The van der Waals surface area contributed by atoms with Gasteiger partial charge in [-0.1, -0.05) is 23.2 Å². The van der Waals surface area contributed by atoms with Gasteiger partial charge in [0.05, 0.1) is 6.61 Å². The predicted octanol–water partition coefficient (Wildman–Crippen LogP) is 4.29. The normalized spacial score (nSPS) is 10.6. The third-order valence-corrected chi connectivity index (χ3v) is 2.93. The maximum absolute atomic E-state index is 13.2. The minimum atomic E-state index is -0.366. The van der Waals surface area contributed by atoms with Crippen LogP contribution < -0.4 is 0 Å². The second-order valence-electron chi connectivity index (χ2n) is 3.63. The van der Waals surface area contributed by atoms with Crippen LogP contribution in [-0.4, -0.2) is 5.11 Å². The molecule has 0 atom stereocenters. The van der Waals surface area contributed by atoms with Crippen molar-refractivity contribution in [1.29, 1.82) is 0 Å². The Balaban J connectivity index is 2.59. The van der Waals surface area contributed by atoms with E-state index in [9.17, 15) is 4.39 Å². The Morgan fingerprint density at radius 3 is 2.53 bits per heavy atom. The number of aliphatic hydroxyl groups excluding tert-OH is 1. The minimum Gasteiger partial charge on any atom is -0.392 e. The number of halogens is 3. The largest absolute Gasteiger partial charge is 0.392 e. The van der Waals surface area contributed by atoms with Crippen molar-refractivity contribution >= 4 is 23.2 Å². The molecule has 0 heterocycles. The van der Waals surface area contributed by atoms with Gasteiger partial charge in [0, 0.05) is 15.6 Å². The molecule has 1 N–H and O–H groups in total. The lowest BCUT2D eigenvalue weighted by Crippen LogP contribution is -1.87. The van der Waals surface area contributed by atoms with Crippen molar-refractivity contribution in [3.05, 3.63) is 57.8 Å². The zero-order valence-electron chi connectivity index (χ0n) is 8.75. The van der Waals surface area contributed by atoms with Gasteiger partial charge >= 0.3 is 0 Å². The summed E-state index contributed by atoms with van der Waals surface area (Å²) in [6, 6.07) is 9.19. The van der Waals surface area contributed by atoms with Gasteiger partial charge in [0.15, 0.2) is 0 Å². The fourth-order valence-corrected chi connectivity index (χ4v) is 2.10. The van der Waals surface area contributed by atoms with Crippen LogP contribution >= 0.6 is 23.2 Å². The van der Waals surface area contributed by atoms with Gasteiger partial charge in [-0.05, 0) is 47.5 Å². The number of hydrogen-bond donors (Lipinski definition) is 1. The van der Waals surface area contributed by atoms with E-state index in [0.717, 1.165) is 0 Å². The molecular weight excluding hydrogens is 262 g/mol. The zero-order valence-corrected chi connectivity index (χ0v) is 10.3. The number of hydrogen-bond acceptors (Lipinski definition) is 1. The van der Waals surface area contributed by atoms with Crippen molar-refractivity contribution in [2.45, 2.75) is 6.61 Å². The first-order valence-corrected chi connectivity index (χ1v) is 5.71. The highest BCUT2D eigenvalue weighted by Crippen LogP contribution is 2.31. The predicted molar refractivity (Wildman–Crippen MR) is 67.8 cm³/mol. The Kier molecular flexibility index (Phi) is 3.67. The molecule has 0 radical (unpaired) electrons. The Morgan fingerprint density at radius 1 is 1.06 bits per heavy atom. The molecule has 0 aliphatic carbocycles. The average Bonchev–Trinajstić information content (AvgIpc) is 2.31. The van der Waals surface area contributed by atoms with Gasteiger partial charge in [0.1, 0.15) is 5.82 Å². The molecule has 1 nitrogen and oxygen atoms in total. The smallest absolute Gasteiger partial charge is 0.123 e. The van der Waals surface area contributed by atoms with E-state index in [-0.39, 0.29) is 12.4 Å². The molecular formula is C13H9Cl2FO. The molecule has 0 unspecified atom stereocenters. The summed E-state index contributed by atoms with van der Waals surface area (Å²) in [5, 5.41) is 10.0. The molecule has 0 saturated heterocycles. The molecule has 0 saturated carbocycles. The molecule has 0 amide bonds. The summed E-state index contributed by atoms with van der Waals surface area (Å²) in [5.74, 6) is -0.366. The monoisotopic (exact) mass is 270 g/mol. The van der Waals surface area contributed by atoms with Crippen molar-refractivity contribution < 1.29 is 9.50 Å². The quantitative estimate of drug-likeness (QED) is 0.863. The highest BCUT2D eigenvalue weighted by molar-refractivity contribution is 6.33. The molecule has 88 valence electrons. The lowest BCUT2D eigenvalue weighted by molar-refractivity contribution is 0.282. The topological polar surface area (TPSA) is 20.2 Å². The van der Waals surface area contributed by atoms with E-state index in [1.165, 1.54) is 18.2 Å². The van der Waals surface area contributed by atoms with Crippen LogP contribution in [-0.2, 0) is 6.61 Å². The Labute approximate surface area is 108 Å². The van der Waals surface area contributed by atoms with Crippen LogP contribution in [0.2, 0.25) is 10.0 Å². The molecule has 0 aliphatic heterocycles. The molecule has 17 heavy (non-hydrogen) atoms. The van der Waals surface area contributed by atoms with Gasteiger partial charge in [0.2, 0.25) is 0 Å². The molecule has 2 aromatic rings. The van der Waals surface area contributed by atoms with Crippen LogP contribution in [0.4, 0.5) is 4.39 Å². The summed E-state index contributed by atoms with van der Waals surface area (Å²) in [5.41, 5.74) is 1.91. The first-order chi connectivity index (χ1) is 8.10. The van der Waals surface area contributed by atoms with Crippen molar-refractivity contribution in [1.82, 2.24) is 0 Å². The number of rotatable bonds is 2. The molecule has 0 bridgehead atoms. The Bertz CT molecular complexity index is 555. The second-order valence-corrected chi connectivity index (χ2v) is 4.47. The van der Waals surface area contributed by atoms with Crippen LogP contribution in [0, 0.1) is 5.82 Å². The molecule has 0 aromatic heterocycles. The molecule has 0 aliphatic rings. The van der Waals surface area contributed by atoms with Crippen molar-refractivity contribution in [3.63, 3.8) is 0 Å². The minimum absolute atomic E-state index is 0.125. The van der Waals surface area contributed by atoms with Gasteiger partial charge in [-0.2, -0.15) is 0 Å². The second kappa shape index (κ2) is 5.05. The lowest BCUT2D eigenvalue weighted by atomic mass is 10.0. The maximum atomic E-state index is 13.2. The third-order valence-electron chi connectivity index (χ3n) is 2.38.